The molecule has 2 rings (SSSR count). The molecule has 0 unspecified atom stereocenters. The molecule has 0 aliphatic carbocycles. The van der Waals surface area contributed by atoms with E-state index in [9.17, 15) is 5.11 Å². The molecule has 2 aliphatic heterocycles. The summed E-state index contributed by atoms with van der Waals surface area (Å²) in [7, 11) is 0. The van der Waals surface area contributed by atoms with E-state index < -0.39 is 0 Å². The molecule has 0 amide bonds. The van der Waals surface area contributed by atoms with E-state index in [2.05, 4.69) is 21.6 Å². The first-order valence-corrected chi connectivity index (χ1v) is 8.14. The summed E-state index contributed by atoms with van der Waals surface area (Å²) in [6, 6.07) is 0. The van der Waals surface area contributed by atoms with Crippen LogP contribution in [0.3, 0.4) is 0 Å². The fourth-order valence-corrected chi connectivity index (χ4v) is 3.70. The molecule has 0 N–H and O–H groups in total. The van der Waals surface area contributed by atoms with E-state index in [0.29, 0.717) is 5.92 Å². The topological polar surface area (TPSA) is 26.4 Å². The van der Waals surface area contributed by atoms with Gasteiger partial charge in [-0.2, -0.15) is 11.8 Å². The highest BCUT2D eigenvalue weighted by Gasteiger charge is 2.18. The van der Waals surface area contributed by atoms with Gasteiger partial charge >= 0.3 is 0 Å². The van der Waals surface area contributed by atoms with Crippen molar-refractivity contribution in [2.75, 3.05) is 57.4 Å². The van der Waals surface area contributed by atoms with Crippen molar-refractivity contribution in [2.45, 2.75) is 19.3 Å². The van der Waals surface area contributed by atoms with E-state index >= 15 is 0 Å². The van der Waals surface area contributed by atoms with Gasteiger partial charge in [0, 0.05) is 24.6 Å². The van der Waals surface area contributed by atoms with Crippen LogP contribution < -0.4 is 0 Å². The molecule has 0 aromatic carbocycles. The maximum Gasteiger partial charge on any atom is 0.0851 e. The highest BCUT2D eigenvalue weighted by molar-refractivity contribution is 7.99. The van der Waals surface area contributed by atoms with Crippen LogP contribution in [0.5, 0.6) is 0 Å². The molecule has 17 heavy (non-hydrogen) atoms. The van der Waals surface area contributed by atoms with E-state index in [1.54, 1.807) is 0 Å². The number of hydrogen-bond donors (Lipinski definition) is 0. The van der Waals surface area contributed by atoms with E-state index in [-0.39, 0.29) is 6.61 Å². The highest BCUT2D eigenvalue weighted by atomic mass is 32.2. The van der Waals surface area contributed by atoms with Gasteiger partial charge in [-0.05, 0) is 51.4 Å². The van der Waals surface area contributed by atoms with Gasteiger partial charge in [-0.3, -0.25) is 0 Å². The van der Waals surface area contributed by atoms with Crippen LogP contribution in [0.2, 0.25) is 0 Å². The molecule has 2 fully saturated rings. The summed E-state index contributed by atoms with van der Waals surface area (Å²) in [6.07, 6.45) is 3.56. The van der Waals surface area contributed by atoms with Crippen molar-refractivity contribution in [1.29, 1.82) is 0 Å². The van der Waals surface area contributed by atoms with Crippen LogP contribution in [-0.2, 0) is 5.11 Å². The number of hydrogen-bond acceptors (Lipinski definition) is 3. The first kappa shape index (κ1) is 13.7. The molecule has 0 aromatic heterocycles. The minimum absolute atomic E-state index is 0.138. The molecule has 0 bridgehead atoms. The molecular weight excluding hydrogens is 232 g/mol. The van der Waals surface area contributed by atoms with Gasteiger partial charge in [-0.25, -0.2) is 5.11 Å². The average molecular weight is 257 g/mol. The summed E-state index contributed by atoms with van der Waals surface area (Å²) >= 11 is 2.08. The van der Waals surface area contributed by atoms with Crippen molar-refractivity contribution in [2.24, 2.45) is 5.92 Å². The van der Waals surface area contributed by atoms with Gasteiger partial charge in [0.15, 0.2) is 0 Å². The summed E-state index contributed by atoms with van der Waals surface area (Å²) in [5.74, 6) is 3.09. The Labute approximate surface area is 110 Å². The molecule has 2 aliphatic rings. The van der Waals surface area contributed by atoms with Crippen LogP contribution in [0, 0.1) is 5.92 Å². The van der Waals surface area contributed by atoms with Crippen LogP contribution >= 0.6 is 11.8 Å². The van der Waals surface area contributed by atoms with Crippen molar-refractivity contribution >= 4 is 11.8 Å². The molecule has 0 atom stereocenters. The van der Waals surface area contributed by atoms with Crippen molar-refractivity contribution < 1.29 is 5.11 Å². The first-order valence-electron chi connectivity index (χ1n) is 6.99. The molecule has 2 saturated heterocycles. The first-order chi connectivity index (χ1) is 8.38. The predicted octanol–water partition coefficient (Wildman–Crippen LogP) is 1.57. The van der Waals surface area contributed by atoms with Crippen molar-refractivity contribution in [3.8, 4) is 0 Å². The van der Waals surface area contributed by atoms with Gasteiger partial charge in [0.05, 0.1) is 6.61 Å². The van der Waals surface area contributed by atoms with E-state index in [0.717, 1.165) is 25.9 Å². The Balaban J connectivity index is 1.53. The molecule has 1 radical (unpaired) electrons. The lowest BCUT2D eigenvalue weighted by atomic mass is 9.98. The third kappa shape index (κ3) is 4.78. The number of piperidine rings is 1. The van der Waals surface area contributed by atoms with Crippen molar-refractivity contribution in [3.05, 3.63) is 0 Å². The Morgan fingerprint density at radius 3 is 2.12 bits per heavy atom. The number of rotatable bonds is 5. The third-order valence-corrected chi connectivity index (χ3v) is 4.94. The van der Waals surface area contributed by atoms with Crippen LogP contribution in [0.4, 0.5) is 0 Å². The Morgan fingerprint density at radius 2 is 1.53 bits per heavy atom. The fraction of sp³-hybridized carbons (Fsp3) is 1.00. The molecule has 3 nitrogen and oxygen atoms in total. The summed E-state index contributed by atoms with van der Waals surface area (Å²) in [4.78, 5) is 5.14. The Bertz CT molecular complexity index is 202. The fourth-order valence-electron chi connectivity index (χ4n) is 2.72. The SMILES string of the molecule is [O]CC1CCN(CCCN2CCSCC2)CC1. The summed E-state index contributed by atoms with van der Waals surface area (Å²) in [6.45, 7) is 7.51. The third-order valence-electron chi connectivity index (χ3n) is 4.00. The molecule has 0 aromatic rings. The number of likely N-dealkylation sites (tertiary alicyclic amines) is 1. The highest BCUT2D eigenvalue weighted by Crippen LogP contribution is 2.16. The van der Waals surface area contributed by atoms with Gasteiger partial charge in [-0.1, -0.05) is 0 Å². The van der Waals surface area contributed by atoms with E-state index in [1.165, 1.54) is 44.1 Å². The quantitative estimate of drug-likeness (QED) is 0.748. The summed E-state index contributed by atoms with van der Waals surface area (Å²) in [5.41, 5.74) is 0. The van der Waals surface area contributed by atoms with Crippen LogP contribution in [-0.4, -0.2) is 67.2 Å². The van der Waals surface area contributed by atoms with Gasteiger partial charge < -0.3 is 9.80 Å². The largest absolute Gasteiger partial charge is 0.303 e. The second-order valence-electron chi connectivity index (χ2n) is 5.26. The lowest BCUT2D eigenvalue weighted by molar-refractivity contribution is 0.0897. The smallest absolute Gasteiger partial charge is 0.0851 e. The van der Waals surface area contributed by atoms with Crippen LogP contribution in [0.1, 0.15) is 19.3 Å². The van der Waals surface area contributed by atoms with E-state index in [1.807, 2.05) is 0 Å². The Kier molecular flexibility index (Phi) is 6.12. The van der Waals surface area contributed by atoms with Crippen LogP contribution in [0.15, 0.2) is 0 Å². The van der Waals surface area contributed by atoms with E-state index in [4.69, 9.17) is 0 Å². The van der Waals surface area contributed by atoms with Gasteiger partial charge in [0.1, 0.15) is 0 Å². The molecular formula is C13H25N2OS. The number of nitrogens with zero attached hydrogens (tertiary/aromatic N) is 2. The molecule has 99 valence electrons. The standard InChI is InChI=1S/C13H25N2OS/c16-12-13-2-6-14(7-3-13)4-1-5-15-8-10-17-11-9-15/h13H,1-12H2. The minimum Gasteiger partial charge on any atom is -0.303 e. The molecule has 0 spiro atoms. The van der Waals surface area contributed by atoms with Crippen LogP contribution in [0.25, 0.3) is 0 Å². The monoisotopic (exact) mass is 257 g/mol. The molecule has 0 saturated carbocycles. The van der Waals surface area contributed by atoms with Crippen molar-refractivity contribution in [3.63, 3.8) is 0 Å². The lowest BCUT2D eigenvalue weighted by Crippen LogP contribution is -2.38. The maximum absolute atomic E-state index is 10.8. The summed E-state index contributed by atoms with van der Waals surface area (Å²) in [5, 5.41) is 10.8. The predicted molar refractivity (Wildman–Crippen MR) is 73.1 cm³/mol. The Hall–Kier alpha value is 0.230. The van der Waals surface area contributed by atoms with Gasteiger partial charge in [0.2, 0.25) is 0 Å². The second-order valence-corrected chi connectivity index (χ2v) is 6.48. The molecule has 2 heterocycles. The normalized spacial score (nSPS) is 25.2. The zero-order valence-corrected chi connectivity index (χ0v) is 11.6. The van der Waals surface area contributed by atoms with Gasteiger partial charge in [-0.15, -0.1) is 0 Å². The molecule has 4 heteroatoms. The zero-order chi connectivity index (χ0) is 11.9. The van der Waals surface area contributed by atoms with Gasteiger partial charge in [0.25, 0.3) is 0 Å². The average Bonchev–Trinajstić information content (AvgIpc) is 2.41. The lowest BCUT2D eigenvalue weighted by Gasteiger charge is -2.32. The second kappa shape index (κ2) is 7.62. The minimum atomic E-state index is 0.138. The maximum atomic E-state index is 10.8. The summed E-state index contributed by atoms with van der Waals surface area (Å²) < 4.78 is 0. The Morgan fingerprint density at radius 1 is 0.941 bits per heavy atom. The zero-order valence-electron chi connectivity index (χ0n) is 10.8. The number of thioether (sulfide) groups is 1. The van der Waals surface area contributed by atoms with Crippen molar-refractivity contribution in [1.82, 2.24) is 9.80 Å².